The van der Waals surface area contributed by atoms with Crippen LogP contribution in [0.25, 0.3) is 10.9 Å². The van der Waals surface area contributed by atoms with Gasteiger partial charge in [0.2, 0.25) is 0 Å². The molecular weight excluding hydrogens is 253 g/mol. The molecule has 0 unspecified atom stereocenters. The van der Waals surface area contributed by atoms with Crippen LogP contribution in [0.5, 0.6) is 0 Å². The van der Waals surface area contributed by atoms with Gasteiger partial charge in [0, 0.05) is 11.9 Å². The Morgan fingerprint density at radius 1 is 1.39 bits per heavy atom. The van der Waals surface area contributed by atoms with E-state index in [1.54, 1.807) is 0 Å². The van der Waals surface area contributed by atoms with Crippen molar-refractivity contribution in [2.75, 3.05) is 17.6 Å². The van der Waals surface area contributed by atoms with E-state index in [1.165, 1.54) is 13.8 Å². The first-order chi connectivity index (χ1) is 8.38. The topological polar surface area (TPSA) is 50.9 Å². The monoisotopic (exact) mass is 267 g/mol. The molecule has 1 aromatic carbocycles. The number of halogens is 2. The van der Waals surface area contributed by atoms with Gasteiger partial charge in [-0.3, -0.25) is 0 Å². The molecule has 0 aliphatic rings. The molecule has 0 atom stereocenters. The van der Waals surface area contributed by atoms with Crippen LogP contribution in [0.1, 0.15) is 13.8 Å². The number of hydrogen-bond donors (Lipinski definition) is 2. The molecule has 0 fully saturated rings. The maximum atomic E-state index is 13.6. The summed E-state index contributed by atoms with van der Waals surface area (Å²) in [6, 6.07) is 7.46. The lowest BCUT2D eigenvalue weighted by molar-refractivity contribution is 0.235. The molecular formula is C13H15ClFN3. The predicted molar refractivity (Wildman–Crippen MR) is 74.8 cm³/mol. The van der Waals surface area contributed by atoms with Crippen molar-refractivity contribution in [3.05, 3.63) is 29.4 Å². The first-order valence-corrected chi connectivity index (χ1v) is 6.03. The van der Waals surface area contributed by atoms with Crippen molar-refractivity contribution in [2.45, 2.75) is 19.5 Å². The number of nitrogens with zero attached hydrogens (tertiary/aromatic N) is 1. The summed E-state index contributed by atoms with van der Waals surface area (Å²) < 4.78 is 13.6. The zero-order chi connectivity index (χ0) is 13.3. The van der Waals surface area contributed by atoms with Crippen LogP contribution in [0.3, 0.4) is 0 Å². The lowest BCUT2D eigenvalue weighted by Crippen LogP contribution is -2.25. The first-order valence-electron chi connectivity index (χ1n) is 5.65. The summed E-state index contributed by atoms with van der Waals surface area (Å²) in [4.78, 5) is 4.19. The van der Waals surface area contributed by atoms with E-state index < -0.39 is 5.67 Å². The second-order valence-electron chi connectivity index (χ2n) is 4.78. The molecule has 2 aromatic rings. The van der Waals surface area contributed by atoms with E-state index in [2.05, 4.69) is 10.3 Å². The Bertz CT molecular complexity index is 578. The molecule has 5 heteroatoms. The van der Waals surface area contributed by atoms with Crippen molar-refractivity contribution in [1.82, 2.24) is 4.98 Å². The highest BCUT2D eigenvalue weighted by Gasteiger charge is 2.17. The number of para-hydroxylation sites is 1. The molecule has 0 aliphatic carbocycles. The number of fused-ring (bicyclic) bond motifs is 1. The van der Waals surface area contributed by atoms with Gasteiger partial charge in [0.05, 0.1) is 16.9 Å². The van der Waals surface area contributed by atoms with Gasteiger partial charge in [0.15, 0.2) is 5.15 Å². The molecule has 2 rings (SSSR count). The minimum absolute atomic E-state index is 0.154. The van der Waals surface area contributed by atoms with E-state index in [0.717, 1.165) is 10.9 Å². The standard InChI is InChI=1S/C13H15ClFN3/c1-13(2,15)7-17-11-8-5-3-4-6-9(8)18-12(14)10(11)16/h3-6H,7,16H2,1-2H3,(H,17,18). The first kappa shape index (κ1) is 12.9. The van der Waals surface area contributed by atoms with E-state index in [9.17, 15) is 4.39 Å². The lowest BCUT2D eigenvalue weighted by atomic mass is 10.1. The Morgan fingerprint density at radius 2 is 2.06 bits per heavy atom. The third-order valence-corrected chi connectivity index (χ3v) is 2.86. The molecule has 0 aliphatic heterocycles. The Hall–Kier alpha value is -1.55. The smallest absolute Gasteiger partial charge is 0.154 e. The lowest BCUT2D eigenvalue weighted by Gasteiger charge is -2.18. The van der Waals surface area contributed by atoms with Crippen molar-refractivity contribution < 1.29 is 4.39 Å². The van der Waals surface area contributed by atoms with Crippen LogP contribution in [-0.2, 0) is 0 Å². The number of anilines is 2. The Kier molecular flexibility index (Phi) is 3.30. The molecule has 0 spiro atoms. The van der Waals surface area contributed by atoms with Gasteiger partial charge in [-0.2, -0.15) is 0 Å². The van der Waals surface area contributed by atoms with Crippen molar-refractivity contribution in [1.29, 1.82) is 0 Å². The molecule has 1 heterocycles. The number of nitrogens with two attached hydrogens (primary N) is 1. The van der Waals surface area contributed by atoms with Crippen LogP contribution in [0.2, 0.25) is 5.15 Å². The van der Waals surface area contributed by atoms with Gasteiger partial charge in [-0.25, -0.2) is 9.37 Å². The van der Waals surface area contributed by atoms with Gasteiger partial charge < -0.3 is 11.1 Å². The SMILES string of the molecule is CC(C)(F)CNc1c(N)c(Cl)nc2ccccc12. The average molecular weight is 268 g/mol. The van der Waals surface area contributed by atoms with Gasteiger partial charge >= 0.3 is 0 Å². The minimum atomic E-state index is -1.33. The van der Waals surface area contributed by atoms with E-state index in [-0.39, 0.29) is 11.7 Å². The molecule has 18 heavy (non-hydrogen) atoms. The number of hydrogen-bond acceptors (Lipinski definition) is 3. The molecule has 0 saturated heterocycles. The number of pyridine rings is 1. The van der Waals surface area contributed by atoms with Crippen LogP contribution in [-0.4, -0.2) is 17.2 Å². The van der Waals surface area contributed by atoms with Gasteiger partial charge in [-0.05, 0) is 19.9 Å². The molecule has 3 nitrogen and oxygen atoms in total. The summed E-state index contributed by atoms with van der Waals surface area (Å²) >= 11 is 5.97. The zero-order valence-corrected chi connectivity index (χ0v) is 11.1. The summed E-state index contributed by atoms with van der Waals surface area (Å²) in [5, 5.41) is 4.08. The van der Waals surface area contributed by atoms with Crippen LogP contribution in [0, 0.1) is 0 Å². The van der Waals surface area contributed by atoms with Gasteiger partial charge in [0.1, 0.15) is 5.67 Å². The fourth-order valence-electron chi connectivity index (χ4n) is 1.69. The summed E-state index contributed by atoms with van der Waals surface area (Å²) in [6.45, 7) is 3.16. The second-order valence-corrected chi connectivity index (χ2v) is 5.14. The molecule has 0 radical (unpaired) electrons. The van der Waals surface area contributed by atoms with Crippen molar-refractivity contribution in [3.8, 4) is 0 Å². The fraction of sp³-hybridized carbons (Fsp3) is 0.308. The summed E-state index contributed by atoms with van der Waals surface area (Å²) in [5.41, 5.74) is 6.28. The van der Waals surface area contributed by atoms with Crippen molar-refractivity contribution >= 4 is 33.9 Å². The zero-order valence-electron chi connectivity index (χ0n) is 10.3. The number of nitrogens with one attached hydrogen (secondary N) is 1. The average Bonchev–Trinajstić information content (AvgIpc) is 2.28. The summed E-state index contributed by atoms with van der Waals surface area (Å²) in [6.07, 6.45) is 0. The maximum absolute atomic E-state index is 13.6. The number of nitrogen functional groups attached to an aromatic ring is 1. The van der Waals surface area contributed by atoms with E-state index >= 15 is 0 Å². The van der Waals surface area contributed by atoms with Crippen LogP contribution in [0.4, 0.5) is 15.8 Å². The quantitative estimate of drug-likeness (QED) is 0.835. The van der Waals surface area contributed by atoms with E-state index in [1.807, 2.05) is 24.3 Å². The molecule has 0 saturated carbocycles. The predicted octanol–water partition coefficient (Wildman–Crippen LogP) is 3.63. The van der Waals surface area contributed by atoms with Crippen molar-refractivity contribution in [3.63, 3.8) is 0 Å². The highest BCUT2D eigenvalue weighted by atomic mass is 35.5. The van der Waals surface area contributed by atoms with Gasteiger partial charge in [0.25, 0.3) is 0 Å². The Morgan fingerprint density at radius 3 is 2.72 bits per heavy atom. The van der Waals surface area contributed by atoms with Crippen LogP contribution >= 0.6 is 11.6 Å². The number of benzene rings is 1. The highest BCUT2D eigenvalue weighted by molar-refractivity contribution is 6.33. The van der Waals surface area contributed by atoms with E-state index in [0.29, 0.717) is 11.4 Å². The molecule has 96 valence electrons. The molecule has 0 bridgehead atoms. The van der Waals surface area contributed by atoms with Crippen molar-refractivity contribution in [2.24, 2.45) is 0 Å². The van der Waals surface area contributed by atoms with Crippen LogP contribution in [0.15, 0.2) is 24.3 Å². The number of alkyl halides is 1. The van der Waals surface area contributed by atoms with E-state index in [4.69, 9.17) is 17.3 Å². The minimum Gasteiger partial charge on any atom is -0.395 e. The van der Waals surface area contributed by atoms with Crippen LogP contribution < -0.4 is 11.1 Å². The second kappa shape index (κ2) is 4.61. The third kappa shape index (κ3) is 2.64. The molecule has 1 aromatic heterocycles. The molecule has 0 amide bonds. The fourth-order valence-corrected chi connectivity index (χ4v) is 1.87. The Balaban J connectivity index is 2.50. The summed E-state index contributed by atoms with van der Waals surface area (Å²) in [7, 11) is 0. The normalized spacial score (nSPS) is 11.8. The van der Waals surface area contributed by atoms with Gasteiger partial charge in [-0.15, -0.1) is 0 Å². The number of aromatic nitrogens is 1. The number of rotatable bonds is 3. The molecule has 3 N–H and O–H groups in total. The summed E-state index contributed by atoms with van der Waals surface area (Å²) in [5.74, 6) is 0. The largest absolute Gasteiger partial charge is 0.395 e. The highest BCUT2D eigenvalue weighted by Crippen LogP contribution is 2.33. The Labute approximate surface area is 110 Å². The maximum Gasteiger partial charge on any atom is 0.154 e. The van der Waals surface area contributed by atoms with Gasteiger partial charge in [-0.1, -0.05) is 29.8 Å². The third-order valence-electron chi connectivity index (χ3n) is 2.57.